The van der Waals surface area contributed by atoms with Gasteiger partial charge in [0.2, 0.25) is 0 Å². The number of nitrogens with zero attached hydrogens (tertiary/aromatic N) is 3. The van der Waals surface area contributed by atoms with Crippen molar-refractivity contribution < 1.29 is 33.9 Å². The third kappa shape index (κ3) is 6.66. The number of esters is 1. The molecule has 160 valence electrons. The molecule has 0 fully saturated rings. The van der Waals surface area contributed by atoms with Gasteiger partial charge in [-0.25, -0.2) is 14.6 Å². The molecule has 2 unspecified atom stereocenters. The first-order chi connectivity index (χ1) is 13.8. The van der Waals surface area contributed by atoms with Gasteiger partial charge < -0.3 is 19.7 Å². The molecule has 0 saturated carbocycles. The van der Waals surface area contributed by atoms with E-state index >= 15 is 0 Å². The number of carbonyl (C=O) groups excluding carboxylic acids is 2. The lowest BCUT2D eigenvalue weighted by molar-refractivity contribution is -0.565. The predicted molar refractivity (Wildman–Crippen MR) is 103 cm³/mol. The fourth-order valence-electron chi connectivity index (χ4n) is 3.27. The van der Waals surface area contributed by atoms with Gasteiger partial charge in [0, 0.05) is 6.42 Å². The van der Waals surface area contributed by atoms with Gasteiger partial charge in [-0.3, -0.25) is 0 Å². The molecule has 1 aliphatic rings. The lowest BCUT2D eigenvalue weighted by Crippen LogP contribution is -2.55. The number of carboxylic acids is 1. The molecule has 1 N–H and O–H groups in total. The zero-order chi connectivity index (χ0) is 21.9. The largest absolute Gasteiger partial charge is 0.490 e. The van der Waals surface area contributed by atoms with Crippen LogP contribution in [0, 0.1) is 11.3 Å². The molecule has 0 radical (unpaired) electrons. The quantitative estimate of drug-likeness (QED) is 0.279. The van der Waals surface area contributed by atoms with Crippen molar-refractivity contribution >= 4 is 30.0 Å². The number of nitriles is 1. The zero-order valence-electron chi connectivity index (χ0n) is 17.1. The fourth-order valence-corrected chi connectivity index (χ4v) is 3.27. The Labute approximate surface area is 170 Å². The molecule has 1 amide bonds. The highest BCUT2D eigenvalue weighted by Crippen LogP contribution is 2.28. The fraction of sp³-hybridized carbons (Fsp3) is 0.700. The maximum atomic E-state index is 12.7. The van der Waals surface area contributed by atoms with Crippen molar-refractivity contribution in [3.63, 3.8) is 0 Å². The molecule has 9 nitrogen and oxygen atoms in total. The molecule has 1 aliphatic heterocycles. The lowest BCUT2D eigenvalue weighted by Gasteiger charge is -2.22. The first kappa shape index (κ1) is 24.3. The highest BCUT2D eigenvalue weighted by atomic mass is 16.5. The van der Waals surface area contributed by atoms with E-state index in [1.807, 2.05) is 0 Å². The molecule has 0 aromatic carbocycles. The number of aliphatic imine (C=N–C) groups is 1. The minimum atomic E-state index is -2.07. The smallest absolute Gasteiger partial charge is 0.405 e. The predicted octanol–water partition coefficient (Wildman–Crippen LogP) is 2.02. The first-order valence-corrected chi connectivity index (χ1v) is 10.1. The van der Waals surface area contributed by atoms with Gasteiger partial charge in [0.05, 0.1) is 0 Å². The van der Waals surface area contributed by atoms with Crippen LogP contribution < -0.4 is 5.11 Å². The molecule has 0 aliphatic carbocycles. The van der Waals surface area contributed by atoms with E-state index in [1.165, 1.54) is 32.6 Å². The number of carbonyl (C=O) groups is 3. The highest BCUT2D eigenvalue weighted by Gasteiger charge is 2.57. The molecule has 9 heteroatoms. The van der Waals surface area contributed by atoms with Gasteiger partial charge in [-0.2, -0.15) is 5.26 Å². The van der Waals surface area contributed by atoms with Crippen LogP contribution in [0.25, 0.3) is 0 Å². The summed E-state index contributed by atoms with van der Waals surface area (Å²) < 4.78 is 5.30. The maximum Gasteiger partial charge on any atom is 0.405 e. The van der Waals surface area contributed by atoms with E-state index in [-0.39, 0.29) is 6.42 Å². The maximum absolute atomic E-state index is 12.7. The Balaban J connectivity index is 2.83. The first-order valence-electron chi connectivity index (χ1n) is 10.1. The summed E-state index contributed by atoms with van der Waals surface area (Å²) in [5.74, 6) is -2.63. The molecule has 0 saturated heterocycles. The van der Waals surface area contributed by atoms with Gasteiger partial charge in [-0.1, -0.05) is 58.3 Å². The number of carboxylic acid groups (broad SMARTS) is 2. The van der Waals surface area contributed by atoms with Gasteiger partial charge in [0.15, 0.2) is 6.10 Å². The Morgan fingerprint density at radius 3 is 2.24 bits per heavy atom. The van der Waals surface area contributed by atoms with Crippen molar-refractivity contribution in [3.8, 4) is 6.07 Å². The van der Waals surface area contributed by atoms with Gasteiger partial charge in [0.1, 0.15) is 12.3 Å². The number of unbranched alkanes of at least 4 members (excludes halogenated alkanes) is 8. The number of rotatable bonds is 13. The van der Waals surface area contributed by atoms with E-state index in [0.29, 0.717) is 11.0 Å². The number of hydrogen-bond donors (Lipinski definition) is 1. The zero-order valence-corrected chi connectivity index (χ0v) is 17.1. The summed E-state index contributed by atoms with van der Waals surface area (Å²) in [4.78, 5) is 39.6. The summed E-state index contributed by atoms with van der Waals surface area (Å²) in [7, 11) is 0. The SMILES string of the molecule is CCCCCCCCCCCC1(C(=O)OC(C)C#N)N=CC(C(=O)O)=[N+]1C(=O)[O-]. The molecular formula is C20H29N3O6. The van der Waals surface area contributed by atoms with E-state index in [9.17, 15) is 24.6 Å². The summed E-state index contributed by atoms with van der Waals surface area (Å²) in [5.41, 5.74) is -2.75. The number of hydrogen-bond acceptors (Lipinski definition) is 7. The van der Waals surface area contributed by atoms with Crippen LogP contribution in [0.15, 0.2) is 4.99 Å². The third-order valence-electron chi connectivity index (χ3n) is 4.83. The molecule has 1 heterocycles. The summed E-state index contributed by atoms with van der Waals surface area (Å²) in [6, 6.07) is 1.72. The Bertz CT molecular complexity index is 709. The molecule has 29 heavy (non-hydrogen) atoms. The molecule has 0 bridgehead atoms. The van der Waals surface area contributed by atoms with Crippen molar-refractivity contribution in [1.82, 2.24) is 0 Å². The van der Waals surface area contributed by atoms with Crippen molar-refractivity contribution in [2.75, 3.05) is 0 Å². The third-order valence-corrected chi connectivity index (χ3v) is 4.83. The van der Waals surface area contributed by atoms with Crippen LogP contribution in [-0.2, 0) is 14.3 Å². The van der Waals surface area contributed by atoms with Crippen molar-refractivity contribution in [3.05, 3.63) is 0 Å². The van der Waals surface area contributed by atoms with Gasteiger partial charge in [-0.05, 0) is 13.3 Å². The second kappa shape index (κ2) is 11.9. The number of aliphatic carboxylic acids is 1. The summed E-state index contributed by atoms with van der Waals surface area (Å²) >= 11 is 0. The van der Waals surface area contributed by atoms with Crippen LogP contribution >= 0.6 is 0 Å². The van der Waals surface area contributed by atoms with E-state index in [2.05, 4.69) is 11.9 Å². The van der Waals surface area contributed by atoms with Gasteiger partial charge >= 0.3 is 29.4 Å². The monoisotopic (exact) mass is 407 g/mol. The molecule has 0 spiro atoms. The Hall–Kier alpha value is -2.76. The topological polar surface area (TPSA) is 143 Å². The van der Waals surface area contributed by atoms with E-state index in [0.717, 1.165) is 31.9 Å². The van der Waals surface area contributed by atoms with Gasteiger partial charge in [-0.15, -0.1) is 4.58 Å². The van der Waals surface area contributed by atoms with Crippen molar-refractivity contribution in [1.29, 1.82) is 5.26 Å². The van der Waals surface area contributed by atoms with Crippen LogP contribution in [0.2, 0.25) is 0 Å². The Morgan fingerprint density at radius 1 is 1.21 bits per heavy atom. The second-order valence-corrected chi connectivity index (χ2v) is 7.12. The molecule has 1 rings (SSSR count). The van der Waals surface area contributed by atoms with Crippen molar-refractivity contribution in [2.24, 2.45) is 4.99 Å². The van der Waals surface area contributed by atoms with E-state index in [4.69, 9.17) is 10.00 Å². The van der Waals surface area contributed by atoms with Crippen LogP contribution in [0.3, 0.4) is 0 Å². The van der Waals surface area contributed by atoms with E-state index in [1.54, 1.807) is 6.07 Å². The molecule has 0 aromatic rings. The molecular weight excluding hydrogens is 378 g/mol. The number of ether oxygens (including phenoxy) is 1. The molecule has 2 atom stereocenters. The van der Waals surface area contributed by atoms with Crippen LogP contribution in [-0.4, -0.2) is 51.4 Å². The summed E-state index contributed by atoms with van der Waals surface area (Å²) in [6.07, 6.45) is 6.82. The average Bonchev–Trinajstić information content (AvgIpc) is 3.08. The normalized spacial score (nSPS) is 19.1. The summed E-state index contributed by atoms with van der Waals surface area (Å²) in [6.45, 7) is 3.49. The summed E-state index contributed by atoms with van der Waals surface area (Å²) in [5, 5.41) is 29.7. The van der Waals surface area contributed by atoms with Gasteiger partial charge in [0.25, 0.3) is 0 Å². The van der Waals surface area contributed by atoms with E-state index < -0.39 is 35.5 Å². The van der Waals surface area contributed by atoms with Crippen molar-refractivity contribution in [2.45, 2.75) is 89.8 Å². The second-order valence-electron chi connectivity index (χ2n) is 7.12. The Kier molecular flexibility index (Phi) is 10.00. The highest BCUT2D eigenvalue weighted by molar-refractivity contribution is 6.58. The van der Waals surface area contributed by atoms with Crippen LogP contribution in [0.5, 0.6) is 0 Å². The van der Waals surface area contributed by atoms with Crippen LogP contribution in [0.1, 0.15) is 78.1 Å². The molecule has 0 aromatic heterocycles. The minimum absolute atomic E-state index is 0.0545. The van der Waals surface area contributed by atoms with Crippen LogP contribution in [0.4, 0.5) is 4.79 Å². The average molecular weight is 407 g/mol. The number of amides is 1. The lowest BCUT2D eigenvalue weighted by atomic mass is 10.00. The standard InChI is InChI=1S/C20H29N3O6/c1-3-4-5-6-7-8-9-10-11-12-20(18(26)29-15(2)13-21)22-14-16(17(24)25)23(20)19(27)28/h14-15H,3-12H2,1-2H3,(H-,24,25,27,28). The Morgan fingerprint density at radius 2 is 1.76 bits per heavy atom. The minimum Gasteiger partial charge on any atom is -0.490 e.